The molecule has 152 valence electrons. The third kappa shape index (κ3) is 3.76. The van der Waals surface area contributed by atoms with E-state index in [1.54, 1.807) is 0 Å². The van der Waals surface area contributed by atoms with Gasteiger partial charge in [0.1, 0.15) is 25.7 Å². The molecule has 0 aromatic heterocycles. The number of aliphatic hydroxyl groups is 1. The molecule has 2 saturated heterocycles. The molecule has 0 radical (unpaired) electrons. The third-order valence-corrected chi connectivity index (χ3v) is 5.64. The monoisotopic (exact) mass is 396 g/mol. The summed E-state index contributed by atoms with van der Waals surface area (Å²) >= 11 is 0. The first-order chi connectivity index (χ1) is 14.1. The number of aliphatic hydroxyl groups excluding tert-OH is 1. The van der Waals surface area contributed by atoms with E-state index >= 15 is 0 Å². The van der Waals surface area contributed by atoms with Gasteiger partial charge in [-0.3, -0.25) is 9.69 Å². The summed E-state index contributed by atoms with van der Waals surface area (Å²) in [6.07, 6.45) is -0.792. The molecule has 4 rings (SSSR count). The van der Waals surface area contributed by atoms with Gasteiger partial charge in [-0.05, 0) is 11.1 Å². The van der Waals surface area contributed by atoms with Gasteiger partial charge in [0.2, 0.25) is 0 Å². The number of morpholine rings is 1. The Kier molecular flexibility index (Phi) is 5.62. The summed E-state index contributed by atoms with van der Waals surface area (Å²) in [5, 5.41) is 13.5. The highest BCUT2D eigenvalue weighted by molar-refractivity contribution is 6.09. The van der Waals surface area contributed by atoms with E-state index in [4.69, 9.17) is 4.74 Å². The second-order valence-corrected chi connectivity index (χ2v) is 7.55. The van der Waals surface area contributed by atoms with Crippen LogP contribution in [-0.4, -0.2) is 67.4 Å². The van der Waals surface area contributed by atoms with Gasteiger partial charge in [0.25, 0.3) is 5.91 Å². The maximum Gasteiger partial charge on any atom is 0.325 e. The molecular formula is C22H26N3O4+. The molecule has 2 aromatic carbocycles. The van der Waals surface area contributed by atoms with E-state index in [2.05, 4.69) is 5.32 Å². The van der Waals surface area contributed by atoms with Crippen molar-refractivity contribution in [3.8, 4) is 0 Å². The van der Waals surface area contributed by atoms with Gasteiger partial charge < -0.3 is 20.1 Å². The van der Waals surface area contributed by atoms with Crippen LogP contribution in [0.25, 0.3) is 0 Å². The van der Waals surface area contributed by atoms with Crippen LogP contribution in [0.15, 0.2) is 60.7 Å². The lowest BCUT2D eigenvalue weighted by molar-refractivity contribution is -0.910. The lowest BCUT2D eigenvalue weighted by Crippen LogP contribution is -3.15. The minimum absolute atomic E-state index is 0.0313. The number of hydrogen-bond donors (Lipinski definition) is 3. The molecule has 2 fully saturated rings. The van der Waals surface area contributed by atoms with Crippen molar-refractivity contribution in [2.45, 2.75) is 11.6 Å². The maximum atomic E-state index is 13.6. The van der Waals surface area contributed by atoms with Gasteiger partial charge in [-0.15, -0.1) is 0 Å². The summed E-state index contributed by atoms with van der Waals surface area (Å²) in [7, 11) is 0. The van der Waals surface area contributed by atoms with E-state index in [1.807, 2.05) is 60.7 Å². The Labute approximate surface area is 169 Å². The average molecular weight is 396 g/mol. The van der Waals surface area contributed by atoms with Gasteiger partial charge in [-0.2, -0.15) is 0 Å². The van der Waals surface area contributed by atoms with Gasteiger partial charge in [0.15, 0.2) is 5.54 Å². The van der Waals surface area contributed by atoms with Crippen LogP contribution in [0.1, 0.15) is 11.1 Å². The highest BCUT2D eigenvalue weighted by Crippen LogP contribution is 2.35. The van der Waals surface area contributed by atoms with Crippen LogP contribution in [0.5, 0.6) is 0 Å². The van der Waals surface area contributed by atoms with Gasteiger partial charge >= 0.3 is 6.03 Å². The maximum absolute atomic E-state index is 13.6. The highest BCUT2D eigenvalue weighted by atomic mass is 16.5. The molecular weight excluding hydrogens is 370 g/mol. The number of quaternary nitrogens is 1. The van der Waals surface area contributed by atoms with E-state index in [1.165, 1.54) is 4.90 Å². The van der Waals surface area contributed by atoms with Crippen LogP contribution in [0, 0.1) is 0 Å². The minimum atomic E-state index is -1.29. The standard InChI is InChI=1S/C22H25N3O4/c26-19(15-24-11-13-29-14-12-24)16-25-20(27)22(23-21(25)28,17-7-3-1-4-8-17)18-9-5-2-6-10-18/h1-10,19,26H,11-16H2,(H,23,28)/p+1/t19-/m1/s1. The second kappa shape index (κ2) is 8.32. The number of carbonyl (C=O) groups is 2. The van der Waals surface area contributed by atoms with Gasteiger partial charge in [-0.1, -0.05) is 60.7 Å². The predicted molar refractivity (Wildman–Crippen MR) is 106 cm³/mol. The first-order valence-electron chi connectivity index (χ1n) is 9.96. The molecule has 1 atom stereocenters. The Morgan fingerprint density at radius 2 is 1.55 bits per heavy atom. The summed E-state index contributed by atoms with van der Waals surface area (Å²) in [4.78, 5) is 28.8. The first-order valence-corrected chi connectivity index (χ1v) is 9.96. The fourth-order valence-electron chi connectivity index (χ4n) is 4.15. The van der Waals surface area contributed by atoms with Crippen LogP contribution in [0.2, 0.25) is 0 Å². The van der Waals surface area contributed by atoms with E-state index in [9.17, 15) is 14.7 Å². The molecule has 3 N–H and O–H groups in total. The number of urea groups is 1. The lowest BCUT2D eigenvalue weighted by atomic mass is 9.82. The largest absolute Gasteiger partial charge is 0.385 e. The van der Waals surface area contributed by atoms with Crippen molar-refractivity contribution in [2.24, 2.45) is 0 Å². The Hall–Kier alpha value is -2.74. The van der Waals surface area contributed by atoms with Gasteiger partial charge in [0, 0.05) is 0 Å². The summed E-state index contributed by atoms with van der Waals surface area (Å²) in [6.45, 7) is 3.40. The van der Waals surface area contributed by atoms with E-state index in [0.717, 1.165) is 18.0 Å². The number of amides is 3. The molecule has 0 unspecified atom stereocenters. The summed E-state index contributed by atoms with van der Waals surface area (Å²) in [6, 6.07) is 18.0. The van der Waals surface area contributed by atoms with Crippen LogP contribution in [0.3, 0.4) is 0 Å². The molecule has 0 spiro atoms. The van der Waals surface area contributed by atoms with Crippen LogP contribution in [0.4, 0.5) is 4.79 Å². The van der Waals surface area contributed by atoms with Crippen molar-refractivity contribution >= 4 is 11.9 Å². The number of β-amino-alcohol motifs (C(OH)–C–C–N with tert-alkyl or cyclic N) is 1. The van der Waals surface area contributed by atoms with E-state index in [-0.39, 0.29) is 12.5 Å². The topological polar surface area (TPSA) is 83.3 Å². The molecule has 7 heteroatoms. The Morgan fingerprint density at radius 3 is 2.10 bits per heavy atom. The summed E-state index contributed by atoms with van der Waals surface area (Å²) in [5.41, 5.74) is 0.103. The lowest BCUT2D eigenvalue weighted by Gasteiger charge is -2.29. The number of ether oxygens (including phenoxy) is 1. The highest BCUT2D eigenvalue weighted by Gasteiger charge is 2.54. The summed E-state index contributed by atoms with van der Waals surface area (Å²) in [5.74, 6) is -0.365. The van der Waals surface area contributed by atoms with Crippen LogP contribution >= 0.6 is 0 Å². The van der Waals surface area contributed by atoms with Crippen molar-refractivity contribution in [2.75, 3.05) is 39.4 Å². The molecule has 0 bridgehead atoms. The number of imide groups is 1. The molecule has 2 aliphatic rings. The van der Waals surface area contributed by atoms with Crippen molar-refractivity contribution in [3.05, 3.63) is 71.8 Å². The zero-order chi connectivity index (χ0) is 20.3. The molecule has 7 nitrogen and oxygen atoms in total. The smallest absolute Gasteiger partial charge is 0.325 e. The quantitative estimate of drug-likeness (QED) is 0.589. The molecule has 29 heavy (non-hydrogen) atoms. The SMILES string of the molecule is O=C1NC(c2ccccc2)(c2ccccc2)C(=O)N1C[C@H](O)C[NH+]1CCOCC1. The normalized spacial score (nSPS) is 20.5. The van der Waals surface area contributed by atoms with Crippen LogP contribution in [-0.2, 0) is 15.1 Å². The predicted octanol–water partition coefficient (Wildman–Crippen LogP) is -0.242. The summed E-state index contributed by atoms with van der Waals surface area (Å²) < 4.78 is 5.34. The molecule has 2 aliphatic heterocycles. The number of nitrogens with zero attached hydrogens (tertiary/aromatic N) is 1. The van der Waals surface area contributed by atoms with Gasteiger partial charge in [0.05, 0.1) is 19.8 Å². The van der Waals surface area contributed by atoms with Crippen molar-refractivity contribution in [3.63, 3.8) is 0 Å². The fraction of sp³-hybridized carbons (Fsp3) is 0.364. The zero-order valence-corrected chi connectivity index (χ0v) is 16.2. The third-order valence-electron chi connectivity index (χ3n) is 5.64. The molecule has 2 aromatic rings. The zero-order valence-electron chi connectivity index (χ0n) is 16.2. The molecule has 0 aliphatic carbocycles. The number of rotatable bonds is 6. The molecule has 3 amide bonds. The Bertz CT molecular complexity index is 813. The fourth-order valence-corrected chi connectivity index (χ4v) is 4.15. The second-order valence-electron chi connectivity index (χ2n) is 7.55. The van der Waals surface area contributed by atoms with Crippen molar-refractivity contribution in [1.82, 2.24) is 10.2 Å². The average Bonchev–Trinajstić information content (AvgIpc) is 3.01. The van der Waals surface area contributed by atoms with E-state index in [0.29, 0.717) is 30.9 Å². The number of carbonyl (C=O) groups excluding carboxylic acids is 2. The number of hydrogen-bond acceptors (Lipinski definition) is 4. The van der Waals surface area contributed by atoms with E-state index < -0.39 is 17.7 Å². The molecule has 0 saturated carbocycles. The Morgan fingerprint density at radius 1 is 1.00 bits per heavy atom. The van der Waals surface area contributed by atoms with Crippen molar-refractivity contribution < 1.29 is 24.3 Å². The number of nitrogens with one attached hydrogen (secondary N) is 2. The Balaban J connectivity index is 1.60. The number of benzene rings is 2. The molecule has 2 heterocycles. The van der Waals surface area contributed by atoms with Crippen molar-refractivity contribution in [1.29, 1.82) is 0 Å². The van der Waals surface area contributed by atoms with Gasteiger partial charge in [-0.25, -0.2) is 4.79 Å². The minimum Gasteiger partial charge on any atom is -0.385 e. The van der Waals surface area contributed by atoms with Crippen LogP contribution < -0.4 is 10.2 Å². The first kappa shape index (κ1) is 19.6.